The second-order valence-corrected chi connectivity index (χ2v) is 7.79. The van der Waals surface area contributed by atoms with Gasteiger partial charge in [0.25, 0.3) is 6.01 Å². The highest BCUT2D eigenvalue weighted by Crippen LogP contribution is 2.30. The molecule has 4 heterocycles. The summed E-state index contributed by atoms with van der Waals surface area (Å²) in [5, 5.41) is 2.56. The second kappa shape index (κ2) is 7.06. The molecule has 3 aliphatic heterocycles. The largest absolute Gasteiger partial charge is 0.423 e. The molecule has 0 radical (unpaired) electrons. The number of likely N-dealkylation sites (tertiary alicyclic amines) is 1. The van der Waals surface area contributed by atoms with Crippen LogP contribution in [-0.2, 0) is 9.59 Å². The van der Waals surface area contributed by atoms with E-state index in [9.17, 15) is 14.4 Å². The van der Waals surface area contributed by atoms with Gasteiger partial charge in [-0.3, -0.25) is 14.5 Å². The molecule has 152 valence electrons. The van der Waals surface area contributed by atoms with Crippen molar-refractivity contribution in [1.29, 1.82) is 0 Å². The van der Waals surface area contributed by atoms with Crippen molar-refractivity contribution in [2.24, 2.45) is 0 Å². The van der Waals surface area contributed by atoms with E-state index in [1.165, 1.54) is 4.90 Å². The van der Waals surface area contributed by atoms with Crippen LogP contribution in [0.1, 0.15) is 25.7 Å². The minimum absolute atomic E-state index is 0.0690. The lowest BCUT2D eigenvalue weighted by Gasteiger charge is -2.37. The van der Waals surface area contributed by atoms with Crippen molar-refractivity contribution >= 4 is 35.0 Å². The number of anilines is 1. The molecule has 1 aromatic carbocycles. The summed E-state index contributed by atoms with van der Waals surface area (Å²) in [5.74, 6) is -0.113. The van der Waals surface area contributed by atoms with Gasteiger partial charge in [-0.25, -0.2) is 4.79 Å². The zero-order valence-corrected chi connectivity index (χ0v) is 16.0. The van der Waals surface area contributed by atoms with Crippen LogP contribution in [0.5, 0.6) is 0 Å². The van der Waals surface area contributed by atoms with Crippen molar-refractivity contribution in [1.82, 2.24) is 20.1 Å². The molecule has 9 nitrogen and oxygen atoms in total. The van der Waals surface area contributed by atoms with Crippen LogP contribution < -0.4 is 10.2 Å². The van der Waals surface area contributed by atoms with Gasteiger partial charge in [-0.1, -0.05) is 12.1 Å². The van der Waals surface area contributed by atoms with Gasteiger partial charge < -0.3 is 19.5 Å². The van der Waals surface area contributed by atoms with Crippen LogP contribution in [0.4, 0.5) is 10.8 Å². The first-order valence-corrected chi connectivity index (χ1v) is 10.1. The van der Waals surface area contributed by atoms with Crippen LogP contribution in [0, 0.1) is 0 Å². The third-order valence-corrected chi connectivity index (χ3v) is 6.09. The predicted octanol–water partition coefficient (Wildman–Crippen LogP) is 1.34. The number of amides is 4. The number of benzene rings is 1. The Morgan fingerprint density at radius 2 is 1.90 bits per heavy atom. The third kappa shape index (κ3) is 3.10. The number of para-hydroxylation sites is 2. The van der Waals surface area contributed by atoms with Crippen molar-refractivity contribution in [2.75, 3.05) is 31.1 Å². The van der Waals surface area contributed by atoms with E-state index in [1.807, 2.05) is 34.1 Å². The maximum Gasteiger partial charge on any atom is 0.324 e. The Morgan fingerprint density at radius 3 is 2.62 bits per heavy atom. The van der Waals surface area contributed by atoms with Crippen molar-refractivity contribution in [2.45, 2.75) is 37.8 Å². The van der Waals surface area contributed by atoms with Crippen molar-refractivity contribution in [3.05, 3.63) is 24.3 Å². The first-order chi connectivity index (χ1) is 14.1. The second-order valence-electron chi connectivity index (χ2n) is 7.79. The van der Waals surface area contributed by atoms with E-state index in [2.05, 4.69) is 10.3 Å². The van der Waals surface area contributed by atoms with Gasteiger partial charge >= 0.3 is 6.03 Å². The van der Waals surface area contributed by atoms with Crippen LogP contribution in [0.25, 0.3) is 11.1 Å². The van der Waals surface area contributed by atoms with Crippen LogP contribution in [0.3, 0.4) is 0 Å². The van der Waals surface area contributed by atoms with E-state index in [0.29, 0.717) is 31.9 Å². The number of oxazole rings is 1. The van der Waals surface area contributed by atoms with E-state index in [1.54, 1.807) is 0 Å². The first-order valence-electron chi connectivity index (χ1n) is 10.1. The van der Waals surface area contributed by atoms with Crippen LogP contribution in [-0.4, -0.2) is 70.9 Å². The summed E-state index contributed by atoms with van der Waals surface area (Å²) in [6.45, 7) is 1.89. The zero-order chi connectivity index (χ0) is 20.0. The summed E-state index contributed by atoms with van der Waals surface area (Å²) in [6.07, 6.45) is 2.90. The number of carbonyl (C=O) groups excluding carboxylic acids is 3. The molecule has 1 atom stereocenters. The van der Waals surface area contributed by atoms with Crippen molar-refractivity contribution in [3.8, 4) is 0 Å². The summed E-state index contributed by atoms with van der Waals surface area (Å²) in [4.78, 5) is 46.7. The third-order valence-electron chi connectivity index (χ3n) is 6.09. The summed E-state index contributed by atoms with van der Waals surface area (Å²) < 4.78 is 5.88. The number of aromatic nitrogens is 1. The number of rotatable bonds is 3. The number of piperidine rings is 1. The molecule has 0 saturated carbocycles. The maximum atomic E-state index is 13.2. The minimum atomic E-state index is -0.322. The van der Waals surface area contributed by atoms with Gasteiger partial charge in [-0.2, -0.15) is 4.98 Å². The molecule has 3 saturated heterocycles. The van der Waals surface area contributed by atoms with Crippen molar-refractivity contribution < 1.29 is 18.8 Å². The molecule has 1 N–H and O–H groups in total. The van der Waals surface area contributed by atoms with Gasteiger partial charge in [0, 0.05) is 25.7 Å². The quantitative estimate of drug-likeness (QED) is 0.785. The highest BCUT2D eigenvalue weighted by molar-refractivity contribution is 6.02. The summed E-state index contributed by atoms with van der Waals surface area (Å²) >= 11 is 0. The van der Waals surface area contributed by atoms with Gasteiger partial charge in [-0.05, 0) is 37.8 Å². The molecule has 3 aliphatic rings. The minimum Gasteiger partial charge on any atom is -0.423 e. The highest BCUT2D eigenvalue weighted by Gasteiger charge is 2.40. The molecule has 29 heavy (non-hydrogen) atoms. The number of urea groups is 1. The van der Waals surface area contributed by atoms with Crippen LogP contribution in [0.15, 0.2) is 28.7 Å². The monoisotopic (exact) mass is 397 g/mol. The van der Waals surface area contributed by atoms with E-state index in [0.717, 1.165) is 30.5 Å². The molecule has 0 bridgehead atoms. The lowest BCUT2D eigenvalue weighted by Crippen LogP contribution is -2.52. The number of nitrogens with one attached hydrogen (secondary N) is 1. The molecule has 3 fully saturated rings. The van der Waals surface area contributed by atoms with E-state index >= 15 is 0 Å². The average molecular weight is 397 g/mol. The van der Waals surface area contributed by atoms with E-state index in [-0.39, 0.29) is 36.5 Å². The Bertz CT molecular complexity index is 916. The predicted molar refractivity (Wildman–Crippen MR) is 104 cm³/mol. The Kier molecular flexibility index (Phi) is 4.37. The van der Waals surface area contributed by atoms with Crippen LogP contribution in [0.2, 0.25) is 0 Å². The molecule has 1 unspecified atom stereocenters. The molecule has 4 amide bonds. The molecule has 2 aromatic rings. The van der Waals surface area contributed by atoms with Gasteiger partial charge in [0.2, 0.25) is 11.8 Å². The fourth-order valence-electron chi connectivity index (χ4n) is 4.59. The number of fused-ring (bicyclic) bond motifs is 1. The molecular formula is C20H23N5O4. The fourth-order valence-corrected chi connectivity index (χ4v) is 4.59. The molecule has 1 aromatic heterocycles. The highest BCUT2D eigenvalue weighted by atomic mass is 16.4. The van der Waals surface area contributed by atoms with Crippen LogP contribution >= 0.6 is 0 Å². The average Bonchev–Trinajstić information content (AvgIpc) is 3.45. The lowest BCUT2D eigenvalue weighted by atomic mass is 10.0. The molecule has 0 spiro atoms. The lowest BCUT2D eigenvalue weighted by molar-refractivity contribution is -0.134. The topological polar surface area (TPSA) is 99.0 Å². The molecule has 5 rings (SSSR count). The molecule has 9 heteroatoms. The molecular weight excluding hydrogens is 374 g/mol. The maximum absolute atomic E-state index is 13.2. The van der Waals surface area contributed by atoms with Gasteiger partial charge in [0.15, 0.2) is 5.58 Å². The zero-order valence-electron chi connectivity index (χ0n) is 16.0. The standard InChI is InChI=1S/C20H23N5O4/c26-17-12-21-19(28)25(17)13-7-10-23(11-8-13)18(27)15-5-3-9-24(15)20-22-14-4-1-2-6-16(14)29-20/h1-2,4,6,13,15H,3,5,7-12H2,(H,21,28). The summed E-state index contributed by atoms with van der Waals surface area (Å²) in [7, 11) is 0. The van der Waals surface area contributed by atoms with Gasteiger partial charge in [0.05, 0.1) is 6.54 Å². The SMILES string of the molecule is O=C(C1CCCN1c1nc2ccccc2o1)N1CCC(N2C(=O)CNC2=O)CC1. The Hall–Kier alpha value is -3.10. The Morgan fingerprint density at radius 1 is 1.10 bits per heavy atom. The number of imide groups is 1. The fraction of sp³-hybridized carbons (Fsp3) is 0.500. The first kappa shape index (κ1) is 18.0. The van der Waals surface area contributed by atoms with E-state index < -0.39 is 0 Å². The number of hydrogen-bond donors (Lipinski definition) is 1. The summed E-state index contributed by atoms with van der Waals surface area (Å²) in [6, 6.07) is 7.35. The normalized spacial score (nSPS) is 23.3. The van der Waals surface area contributed by atoms with Gasteiger partial charge in [0.1, 0.15) is 11.6 Å². The van der Waals surface area contributed by atoms with Gasteiger partial charge in [-0.15, -0.1) is 0 Å². The summed E-state index contributed by atoms with van der Waals surface area (Å²) in [5.41, 5.74) is 1.50. The number of carbonyl (C=O) groups is 3. The Labute approximate surface area is 167 Å². The number of nitrogens with zero attached hydrogens (tertiary/aromatic N) is 4. The number of hydrogen-bond acceptors (Lipinski definition) is 6. The van der Waals surface area contributed by atoms with E-state index in [4.69, 9.17) is 4.42 Å². The molecule has 0 aliphatic carbocycles. The van der Waals surface area contributed by atoms with Crippen molar-refractivity contribution in [3.63, 3.8) is 0 Å². The Balaban J connectivity index is 1.27. The smallest absolute Gasteiger partial charge is 0.324 e.